The van der Waals surface area contributed by atoms with Gasteiger partial charge in [-0.25, -0.2) is 0 Å². The average Bonchev–Trinajstić information content (AvgIpc) is 2.73. The molecule has 0 amide bonds. The summed E-state index contributed by atoms with van der Waals surface area (Å²) in [7, 11) is 1.15. The molecule has 0 aliphatic carbocycles. The summed E-state index contributed by atoms with van der Waals surface area (Å²) >= 11 is 0. The van der Waals surface area contributed by atoms with Crippen LogP contribution in [0.3, 0.4) is 0 Å². The first-order chi connectivity index (χ1) is 12.6. The minimum atomic E-state index is -3.65. The summed E-state index contributed by atoms with van der Waals surface area (Å²) < 4.78 is 32.4. The summed E-state index contributed by atoms with van der Waals surface area (Å²) in [4.78, 5) is 0. The third-order valence-electron chi connectivity index (χ3n) is 4.46. The average molecular weight is 372 g/mol. The Balaban J connectivity index is 2.15. The number of ether oxygens (including phenoxy) is 3. The Labute approximate surface area is 153 Å². The Morgan fingerprint density at radius 1 is 0.500 bits per heavy atom. The minimum absolute atomic E-state index is 0.661. The summed E-state index contributed by atoms with van der Waals surface area (Å²) in [5, 5.41) is 1.98. The van der Waals surface area contributed by atoms with Crippen molar-refractivity contribution in [2.24, 2.45) is 0 Å². The van der Waals surface area contributed by atoms with E-state index in [1.54, 1.807) is 94.1 Å². The van der Waals surface area contributed by atoms with E-state index in [1.165, 1.54) is 0 Å². The van der Waals surface area contributed by atoms with Gasteiger partial charge >= 0.3 is 153 Å². The number of benzene rings is 3. The second-order valence-electron chi connectivity index (χ2n) is 5.84. The van der Waals surface area contributed by atoms with Crippen molar-refractivity contribution in [1.82, 2.24) is 0 Å². The molecule has 136 valence electrons. The summed E-state index contributed by atoms with van der Waals surface area (Å²) in [5.74, 6) is 2.11. The van der Waals surface area contributed by atoms with Crippen LogP contribution in [-0.2, 0) is 0 Å². The molecule has 3 rings (SSSR count). The molecular formula is C21H22FO3P. The Morgan fingerprint density at radius 2 is 0.731 bits per heavy atom. The van der Waals surface area contributed by atoms with Crippen LogP contribution in [0, 0.1) is 0 Å². The third-order valence-corrected chi connectivity index (χ3v) is 7.85. The zero-order valence-corrected chi connectivity index (χ0v) is 16.0. The standard InChI is InChI=1S/C21H22FO3P/c1-23-16-4-10-19(11-5-16)26(22,20-12-6-17(24-2)7-13-20)21-14-8-18(25-3)9-15-21/h4-15,26H,1-3H3. The van der Waals surface area contributed by atoms with Gasteiger partial charge in [-0.1, -0.05) is 0 Å². The molecule has 0 bridgehead atoms. The fraction of sp³-hybridized carbons (Fsp3) is 0.143. The third kappa shape index (κ3) is 3.38. The van der Waals surface area contributed by atoms with Crippen LogP contribution in [0.15, 0.2) is 72.8 Å². The number of hydrogen-bond donors (Lipinski definition) is 0. The van der Waals surface area contributed by atoms with Crippen LogP contribution in [0.1, 0.15) is 0 Å². The number of halogens is 1. The van der Waals surface area contributed by atoms with Crippen LogP contribution in [0.2, 0.25) is 0 Å². The van der Waals surface area contributed by atoms with E-state index in [1.807, 2.05) is 0 Å². The van der Waals surface area contributed by atoms with E-state index in [-0.39, 0.29) is 0 Å². The molecule has 0 N–H and O–H groups in total. The van der Waals surface area contributed by atoms with Gasteiger partial charge < -0.3 is 0 Å². The van der Waals surface area contributed by atoms with Crippen molar-refractivity contribution in [3.8, 4) is 17.2 Å². The first-order valence-corrected chi connectivity index (χ1v) is 10.1. The molecule has 0 heterocycles. The predicted octanol–water partition coefficient (Wildman–Crippen LogP) is 3.62. The van der Waals surface area contributed by atoms with Gasteiger partial charge in [0, 0.05) is 0 Å². The summed E-state index contributed by atoms with van der Waals surface area (Å²) in [6, 6.07) is 21.6. The van der Waals surface area contributed by atoms with Gasteiger partial charge in [-0.05, 0) is 0 Å². The van der Waals surface area contributed by atoms with E-state index in [2.05, 4.69) is 0 Å². The first-order valence-electron chi connectivity index (χ1n) is 8.24. The van der Waals surface area contributed by atoms with E-state index in [9.17, 15) is 0 Å². The number of hydrogen-bond acceptors (Lipinski definition) is 3. The zero-order valence-electron chi connectivity index (χ0n) is 15.0. The van der Waals surface area contributed by atoms with Crippen LogP contribution in [0.4, 0.5) is 4.20 Å². The quantitative estimate of drug-likeness (QED) is 0.619. The topological polar surface area (TPSA) is 27.7 Å². The van der Waals surface area contributed by atoms with Crippen molar-refractivity contribution in [2.75, 3.05) is 21.3 Å². The van der Waals surface area contributed by atoms with E-state index in [0.29, 0.717) is 33.2 Å². The molecule has 0 aliphatic rings. The SMILES string of the molecule is COc1ccc([PH](F)(c2ccc(OC)cc2)c2ccc(OC)cc2)cc1. The van der Waals surface area contributed by atoms with Crippen LogP contribution in [0.5, 0.6) is 17.2 Å². The molecule has 26 heavy (non-hydrogen) atoms. The molecule has 0 radical (unpaired) electrons. The molecule has 3 aromatic rings. The van der Waals surface area contributed by atoms with Crippen molar-refractivity contribution >= 4 is 23.5 Å². The summed E-state index contributed by atoms with van der Waals surface area (Å²) in [5.41, 5.74) is 0. The maximum absolute atomic E-state index is 16.7. The Kier molecular flexibility index (Phi) is 5.43. The van der Waals surface area contributed by atoms with Gasteiger partial charge in [0.2, 0.25) is 0 Å². The van der Waals surface area contributed by atoms with E-state index in [4.69, 9.17) is 14.2 Å². The zero-order chi connectivity index (χ0) is 18.6. The monoisotopic (exact) mass is 372 g/mol. The summed E-state index contributed by atoms with van der Waals surface area (Å²) in [6.07, 6.45) is 0. The predicted molar refractivity (Wildman–Crippen MR) is 107 cm³/mol. The van der Waals surface area contributed by atoms with Crippen molar-refractivity contribution in [1.29, 1.82) is 0 Å². The van der Waals surface area contributed by atoms with E-state index < -0.39 is 7.57 Å². The molecule has 5 heteroatoms. The molecule has 0 saturated carbocycles. The molecule has 0 fully saturated rings. The Morgan fingerprint density at radius 3 is 0.923 bits per heavy atom. The molecule has 0 unspecified atom stereocenters. The van der Waals surface area contributed by atoms with Gasteiger partial charge in [0.1, 0.15) is 0 Å². The molecule has 0 atom stereocenters. The van der Waals surface area contributed by atoms with Crippen LogP contribution < -0.4 is 30.1 Å². The normalized spacial score (nSPS) is 11.7. The second-order valence-corrected chi connectivity index (χ2v) is 8.89. The number of rotatable bonds is 6. The van der Waals surface area contributed by atoms with Gasteiger partial charge in [-0.3, -0.25) is 0 Å². The van der Waals surface area contributed by atoms with Crippen molar-refractivity contribution in [3.63, 3.8) is 0 Å². The van der Waals surface area contributed by atoms with Crippen molar-refractivity contribution < 1.29 is 18.4 Å². The fourth-order valence-electron chi connectivity index (χ4n) is 2.96. The van der Waals surface area contributed by atoms with E-state index >= 15 is 4.20 Å². The summed E-state index contributed by atoms with van der Waals surface area (Å²) in [6.45, 7) is 0. The molecule has 0 saturated heterocycles. The van der Waals surface area contributed by atoms with Gasteiger partial charge in [0.25, 0.3) is 0 Å². The van der Waals surface area contributed by atoms with Crippen molar-refractivity contribution in [2.45, 2.75) is 0 Å². The van der Waals surface area contributed by atoms with Gasteiger partial charge in [0.05, 0.1) is 0 Å². The molecule has 0 aliphatic heterocycles. The number of methoxy groups -OCH3 is 3. The van der Waals surface area contributed by atoms with Crippen LogP contribution in [0.25, 0.3) is 0 Å². The first kappa shape index (κ1) is 18.2. The van der Waals surface area contributed by atoms with Crippen LogP contribution in [-0.4, -0.2) is 21.3 Å². The Bertz CT molecular complexity index is 730. The second kappa shape index (κ2) is 7.76. The van der Waals surface area contributed by atoms with Crippen LogP contribution >= 0.6 is 7.57 Å². The molecule has 0 spiro atoms. The van der Waals surface area contributed by atoms with E-state index in [0.717, 1.165) is 0 Å². The Hall–Kier alpha value is -2.58. The molecule has 3 aromatic carbocycles. The van der Waals surface area contributed by atoms with Gasteiger partial charge in [-0.2, -0.15) is 0 Å². The van der Waals surface area contributed by atoms with Gasteiger partial charge in [-0.15, -0.1) is 0 Å². The van der Waals surface area contributed by atoms with Gasteiger partial charge in [0.15, 0.2) is 0 Å². The maximum atomic E-state index is 16.7. The molecular weight excluding hydrogens is 350 g/mol. The molecule has 3 nitrogen and oxygen atoms in total. The fourth-order valence-corrected chi connectivity index (χ4v) is 5.84. The molecule has 0 aromatic heterocycles. The van der Waals surface area contributed by atoms with Crippen molar-refractivity contribution in [3.05, 3.63) is 72.8 Å².